The summed E-state index contributed by atoms with van der Waals surface area (Å²) in [5, 5.41) is 2.62. The van der Waals surface area contributed by atoms with Crippen LogP contribution in [0.1, 0.15) is 13.3 Å². The molecule has 0 aromatic carbocycles. The molecule has 1 atom stereocenters. The van der Waals surface area contributed by atoms with Crippen LogP contribution in [0.15, 0.2) is 12.7 Å². The summed E-state index contributed by atoms with van der Waals surface area (Å²) in [5.41, 5.74) is -0.607. The maximum atomic E-state index is 11.1. The molecule has 1 aliphatic rings. The fourth-order valence-corrected chi connectivity index (χ4v) is 3.55. The van der Waals surface area contributed by atoms with Gasteiger partial charge in [-0.05, 0) is 19.4 Å². The third kappa shape index (κ3) is 2.55. The highest BCUT2D eigenvalue weighted by molar-refractivity contribution is 7.91. The lowest BCUT2D eigenvalue weighted by molar-refractivity contribution is -0.117. The van der Waals surface area contributed by atoms with Crippen molar-refractivity contribution >= 4 is 15.7 Å². The molecule has 1 N–H and O–H groups in total. The molecule has 1 saturated heterocycles. The van der Waals surface area contributed by atoms with Crippen molar-refractivity contribution in [3.63, 3.8) is 0 Å². The van der Waals surface area contributed by atoms with Crippen LogP contribution in [0.4, 0.5) is 0 Å². The minimum atomic E-state index is -2.96. The Kier molecular flexibility index (Phi) is 2.47. The Morgan fingerprint density at radius 2 is 2.23 bits per heavy atom. The smallest absolute Gasteiger partial charge is 0.243 e. The second-order valence-electron chi connectivity index (χ2n) is 3.60. The average molecular weight is 203 g/mol. The molecule has 1 aliphatic heterocycles. The molecule has 1 fully saturated rings. The molecule has 4 nitrogen and oxygen atoms in total. The quantitative estimate of drug-likeness (QED) is 0.636. The van der Waals surface area contributed by atoms with E-state index in [-0.39, 0.29) is 17.4 Å². The van der Waals surface area contributed by atoms with E-state index in [1.54, 1.807) is 6.92 Å². The lowest BCUT2D eigenvalue weighted by atomic mass is 10.0. The lowest BCUT2D eigenvalue weighted by Gasteiger charge is -2.22. The summed E-state index contributed by atoms with van der Waals surface area (Å²) in [7, 11) is -2.96. The van der Waals surface area contributed by atoms with Crippen LogP contribution < -0.4 is 5.32 Å². The van der Waals surface area contributed by atoms with E-state index >= 15 is 0 Å². The molecule has 1 heterocycles. The Bertz CT molecular complexity index is 333. The predicted molar refractivity (Wildman–Crippen MR) is 50.0 cm³/mol. The summed E-state index contributed by atoms with van der Waals surface area (Å²) in [6.45, 7) is 5.04. The maximum absolute atomic E-state index is 11.1. The van der Waals surface area contributed by atoms with E-state index < -0.39 is 15.4 Å². The maximum Gasteiger partial charge on any atom is 0.243 e. The van der Waals surface area contributed by atoms with E-state index in [9.17, 15) is 13.2 Å². The Balaban J connectivity index is 2.70. The molecular weight excluding hydrogens is 190 g/mol. The molecular formula is C8H13NO3S. The molecule has 0 bridgehead atoms. The van der Waals surface area contributed by atoms with Crippen LogP contribution in [0, 0.1) is 0 Å². The number of nitrogens with one attached hydrogen (secondary N) is 1. The average Bonchev–Trinajstić information content (AvgIpc) is 2.25. The monoisotopic (exact) mass is 203 g/mol. The van der Waals surface area contributed by atoms with Gasteiger partial charge in [0.25, 0.3) is 0 Å². The van der Waals surface area contributed by atoms with Crippen molar-refractivity contribution in [3.05, 3.63) is 12.7 Å². The molecule has 1 rings (SSSR count). The fraction of sp³-hybridized carbons (Fsp3) is 0.625. The summed E-state index contributed by atoms with van der Waals surface area (Å²) in [4.78, 5) is 11.0. The Hall–Kier alpha value is -0.840. The second-order valence-corrected chi connectivity index (χ2v) is 5.78. The highest BCUT2D eigenvalue weighted by Gasteiger charge is 2.38. The fourth-order valence-electron chi connectivity index (χ4n) is 1.46. The number of carbonyl (C=O) groups excluding carboxylic acids is 1. The van der Waals surface area contributed by atoms with Gasteiger partial charge < -0.3 is 5.32 Å². The van der Waals surface area contributed by atoms with Crippen LogP contribution in [-0.2, 0) is 14.6 Å². The molecule has 74 valence electrons. The number of amides is 1. The minimum Gasteiger partial charge on any atom is -0.346 e. The SMILES string of the molecule is C=CC(=O)NC1(C)CCS(=O)(=O)C1. The van der Waals surface area contributed by atoms with Gasteiger partial charge in [-0.2, -0.15) is 0 Å². The first-order chi connectivity index (χ1) is 5.87. The van der Waals surface area contributed by atoms with Crippen molar-refractivity contribution in [2.45, 2.75) is 18.9 Å². The van der Waals surface area contributed by atoms with Crippen LogP contribution >= 0.6 is 0 Å². The zero-order chi connectivity index (χ0) is 10.1. The molecule has 13 heavy (non-hydrogen) atoms. The highest BCUT2D eigenvalue weighted by Crippen LogP contribution is 2.22. The van der Waals surface area contributed by atoms with Gasteiger partial charge in [0.2, 0.25) is 5.91 Å². The van der Waals surface area contributed by atoms with Gasteiger partial charge >= 0.3 is 0 Å². The van der Waals surface area contributed by atoms with Crippen LogP contribution in [-0.4, -0.2) is 31.4 Å². The van der Waals surface area contributed by atoms with Gasteiger partial charge in [-0.25, -0.2) is 8.42 Å². The van der Waals surface area contributed by atoms with Gasteiger partial charge in [-0.3, -0.25) is 4.79 Å². The largest absolute Gasteiger partial charge is 0.346 e. The van der Waals surface area contributed by atoms with Crippen molar-refractivity contribution in [2.24, 2.45) is 0 Å². The Morgan fingerprint density at radius 1 is 1.62 bits per heavy atom. The summed E-state index contributed by atoms with van der Waals surface area (Å²) in [6.07, 6.45) is 1.63. The Morgan fingerprint density at radius 3 is 2.62 bits per heavy atom. The van der Waals surface area contributed by atoms with Crippen molar-refractivity contribution in [1.82, 2.24) is 5.32 Å². The normalized spacial score (nSPS) is 31.2. The number of hydrogen-bond acceptors (Lipinski definition) is 3. The molecule has 0 aromatic rings. The van der Waals surface area contributed by atoms with E-state index in [0.717, 1.165) is 6.08 Å². The minimum absolute atomic E-state index is 0.0274. The van der Waals surface area contributed by atoms with Gasteiger partial charge in [0.1, 0.15) is 0 Å². The predicted octanol–water partition coefficient (Wildman–Crippen LogP) is -0.134. The molecule has 0 aromatic heterocycles. The zero-order valence-electron chi connectivity index (χ0n) is 7.54. The molecule has 0 spiro atoms. The first-order valence-corrected chi connectivity index (χ1v) is 5.84. The van der Waals surface area contributed by atoms with Crippen molar-refractivity contribution in [1.29, 1.82) is 0 Å². The van der Waals surface area contributed by atoms with Crippen molar-refractivity contribution in [3.8, 4) is 0 Å². The van der Waals surface area contributed by atoms with Crippen LogP contribution in [0.3, 0.4) is 0 Å². The van der Waals surface area contributed by atoms with E-state index in [2.05, 4.69) is 11.9 Å². The molecule has 0 aliphatic carbocycles. The van der Waals surface area contributed by atoms with Crippen molar-refractivity contribution in [2.75, 3.05) is 11.5 Å². The second kappa shape index (κ2) is 3.14. The van der Waals surface area contributed by atoms with Crippen LogP contribution in [0.25, 0.3) is 0 Å². The van der Waals surface area contributed by atoms with E-state index in [1.807, 2.05) is 0 Å². The Labute approximate surface area is 77.9 Å². The zero-order valence-corrected chi connectivity index (χ0v) is 8.36. The molecule has 5 heteroatoms. The van der Waals surface area contributed by atoms with Gasteiger partial charge in [0.15, 0.2) is 9.84 Å². The summed E-state index contributed by atoms with van der Waals surface area (Å²) >= 11 is 0. The van der Waals surface area contributed by atoms with Crippen LogP contribution in [0.5, 0.6) is 0 Å². The third-order valence-corrected chi connectivity index (χ3v) is 4.02. The standard InChI is InChI=1S/C8H13NO3S/c1-3-7(10)9-8(2)4-5-13(11,12)6-8/h3H,1,4-6H2,2H3,(H,9,10). The van der Waals surface area contributed by atoms with Crippen molar-refractivity contribution < 1.29 is 13.2 Å². The number of hydrogen-bond donors (Lipinski definition) is 1. The van der Waals surface area contributed by atoms with Gasteiger partial charge in [-0.15, -0.1) is 0 Å². The van der Waals surface area contributed by atoms with E-state index in [1.165, 1.54) is 0 Å². The van der Waals surface area contributed by atoms with E-state index in [0.29, 0.717) is 6.42 Å². The summed E-state index contributed by atoms with van der Waals surface area (Å²) in [5.74, 6) is -0.139. The van der Waals surface area contributed by atoms with E-state index in [4.69, 9.17) is 0 Å². The summed E-state index contributed by atoms with van der Waals surface area (Å²) < 4.78 is 22.3. The van der Waals surface area contributed by atoms with Gasteiger partial charge in [-0.1, -0.05) is 6.58 Å². The molecule has 1 amide bonds. The number of rotatable bonds is 2. The van der Waals surface area contributed by atoms with Gasteiger partial charge in [0.05, 0.1) is 17.0 Å². The van der Waals surface area contributed by atoms with Crippen LogP contribution in [0.2, 0.25) is 0 Å². The highest BCUT2D eigenvalue weighted by atomic mass is 32.2. The summed E-state index contributed by atoms with van der Waals surface area (Å²) in [6, 6.07) is 0. The van der Waals surface area contributed by atoms with Gasteiger partial charge in [0, 0.05) is 0 Å². The number of carbonyl (C=O) groups is 1. The first-order valence-electron chi connectivity index (χ1n) is 4.02. The number of sulfone groups is 1. The third-order valence-electron chi connectivity index (χ3n) is 2.11. The molecule has 0 saturated carbocycles. The molecule has 1 unspecified atom stereocenters. The first kappa shape index (κ1) is 10.2. The lowest BCUT2D eigenvalue weighted by Crippen LogP contribution is -2.46. The molecule has 0 radical (unpaired) electrons. The topological polar surface area (TPSA) is 63.2 Å².